The molecule has 0 bridgehead atoms. The fourth-order valence-corrected chi connectivity index (χ4v) is 2.09. The first kappa shape index (κ1) is 9.53. The van der Waals surface area contributed by atoms with Gasteiger partial charge in [-0.3, -0.25) is 0 Å². The van der Waals surface area contributed by atoms with E-state index in [1.807, 2.05) is 13.1 Å². The van der Waals surface area contributed by atoms with Gasteiger partial charge in [0.15, 0.2) is 0 Å². The summed E-state index contributed by atoms with van der Waals surface area (Å²) in [6.07, 6.45) is 1.11. The summed E-state index contributed by atoms with van der Waals surface area (Å²) in [5.74, 6) is 1.65. The Morgan fingerprint density at radius 2 is 2.21 bits per heavy atom. The molecule has 76 valence electrons. The molecule has 14 heavy (non-hydrogen) atoms. The highest BCUT2D eigenvalue weighted by Gasteiger charge is 2.24. The molecule has 1 heterocycles. The van der Waals surface area contributed by atoms with E-state index in [9.17, 15) is 0 Å². The largest absolute Gasteiger partial charge is 0.493 e. The average molecular weight is 191 g/mol. The number of para-hydroxylation sites is 1. The first-order valence-electron chi connectivity index (χ1n) is 5.22. The molecule has 1 aliphatic heterocycles. The third-order valence-corrected chi connectivity index (χ3v) is 3.06. The van der Waals surface area contributed by atoms with Crippen molar-refractivity contribution in [3.8, 4) is 5.75 Å². The fourth-order valence-electron chi connectivity index (χ4n) is 2.09. The highest BCUT2D eigenvalue weighted by molar-refractivity contribution is 5.38. The zero-order chi connectivity index (χ0) is 9.97. The van der Waals surface area contributed by atoms with Gasteiger partial charge in [-0.15, -0.1) is 0 Å². The summed E-state index contributed by atoms with van der Waals surface area (Å²) in [6.45, 7) is 3.07. The summed E-state index contributed by atoms with van der Waals surface area (Å²) in [6, 6.07) is 8.87. The molecule has 0 aliphatic carbocycles. The van der Waals surface area contributed by atoms with Crippen molar-refractivity contribution in [2.75, 3.05) is 13.7 Å². The molecule has 2 nitrogen and oxygen atoms in total. The van der Waals surface area contributed by atoms with Gasteiger partial charge in [-0.05, 0) is 32.0 Å². The van der Waals surface area contributed by atoms with Gasteiger partial charge in [0.1, 0.15) is 5.75 Å². The van der Waals surface area contributed by atoms with E-state index in [4.69, 9.17) is 4.74 Å². The lowest BCUT2D eigenvalue weighted by atomic mass is 9.87. The molecule has 2 rings (SSSR count). The van der Waals surface area contributed by atoms with E-state index in [1.165, 1.54) is 5.56 Å². The molecule has 2 heteroatoms. The quantitative estimate of drug-likeness (QED) is 0.773. The van der Waals surface area contributed by atoms with Crippen LogP contribution in [0.1, 0.15) is 24.8 Å². The third kappa shape index (κ3) is 1.62. The van der Waals surface area contributed by atoms with Crippen LogP contribution in [0, 0.1) is 0 Å². The summed E-state index contributed by atoms with van der Waals surface area (Å²) in [4.78, 5) is 0. The number of fused-ring (bicyclic) bond motifs is 1. The summed E-state index contributed by atoms with van der Waals surface area (Å²) in [5, 5.41) is 3.32. The van der Waals surface area contributed by atoms with Crippen molar-refractivity contribution in [1.29, 1.82) is 0 Å². The number of likely N-dealkylation sites (N-methyl/N-ethyl adjacent to an activating group) is 1. The van der Waals surface area contributed by atoms with Crippen LogP contribution in [-0.4, -0.2) is 19.7 Å². The minimum atomic E-state index is 0.514. The topological polar surface area (TPSA) is 21.3 Å². The van der Waals surface area contributed by atoms with E-state index in [-0.39, 0.29) is 0 Å². The van der Waals surface area contributed by atoms with Crippen molar-refractivity contribution < 1.29 is 4.74 Å². The molecule has 0 aromatic heterocycles. The molecule has 0 spiro atoms. The summed E-state index contributed by atoms with van der Waals surface area (Å²) in [5.41, 5.74) is 1.35. The van der Waals surface area contributed by atoms with Gasteiger partial charge in [-0.1, -0.05) is 18.2 Å². The van der Waals surface area contributed by atoms with Crippen molar-refractivity contribution >= 4 is 0 Å². The molecule has 2 atom stereocenters. The van der Waals surface area contributed by atoms with Crippen molar-refractivity contribution in [2.45, 2.75) is 25.3 Å². The molecule has 2 unspecified atom stereocenters. The Kier molecular flexibility index (Phi) is 2.73. The number of hydrogen-bond acceptors (Lipinski definition) is 2. The van der Waals surface area contributed by atoms with Crippen LogP contribution in [-0.2, 0) is 0 Å². The minimum Gasteiger partial charge on any atom is -0.493 e. The Bertz CT molecular complexity index is 311. The van der Waals surface area contributed by atoms with Crippen LogP contribution >= 0.6 is 0 Å². The second-order valence-corrected chi connectivity index (χ2v) is 3.86. The van der Waals surface area contributed by atoms with E-state index in [2.05, 4.69) is 30.4 Å². The van der Waals surface area contributed by atoms with Gasteiger partial charge in [-0.25, -0.2) is 0 Å². The second-order valence-electron chi connectivity index (χ2n) is 3.86. The Morgan fingerprint density at radius 1 is 1.43 bits per heavy atom. The normalized spacial score (nSPS) is 22.3. The summed E-state index contributed by atoms with van der Waals surface area (Å²) < 4.78 is 5.62. The zero-order valence-electron chi connectivity index (χ0n) is 8.79. The smallest absolute Gasteiger partial charge is 0.122 e. The highest BCUT2D eigenvalue weighted by atomic mass is 16.5. The van der Waals surface area contributed by atoms with Crippen LogP contribution in [0.2, 0.25) is 0 Å². The fraction of sp³-hybridized carbons (Fsp3) is 0.500. The molecule has 1 aliphatic rings. The van der Waals surface area contributed by atoms with Crippen LogP contribution in [0.15, 0.2) is 24.3 Å². The van der Waals surface area contributed by atoms with Crippen LogP contribution in [0.3, 0.4) is 0 Å². The molecule has 1 aromatic rings. The molecule has 0 amide bonds. The van der Waals surface area contributed by atoms with Gasteiger partial charge in [0.05, 0.1) is 6.61 Å². The van der Waals surface area contributed by atoms with Gasteiger partial charge in [0.2, 0.25) is 0 Å². The molecule has 0 saturated heterocycles. The van der Waals surface area contributed by atoms with Gasteiger partial charge in [-0.2, -0.15) is 0 Å². The molecular formula is C12H17NO. The maximum atomic E-state index is 5.62. The van der Waals surface area contributed by atoms with Crippen molar-refractivity contribution in [3.05, 3.63) is 29.8 Å². The number of nitrogens with one attached hydrogen (secondary N) is 1. The van der Waals surface area contributed by atoms with Gasteiger partial charge in [0, 0.05) is 12.0 Å². The average Bonchev–Trinajstić information content (AvgIpc) is 2.27. The van der Waals surface area contributed by atoms with E-state index in [0.717, 1.165) is 18.8 Å². The van der Waals surface area contributed by atoms with Crippen LogP contribution < -0.4 is 10.1 Å². The highest BCUT2D eigenvalue weighted by Crippen LogP contribution is 2.35. The number of ether oxygens (including phenoxy) is 1. The molecule has 0 saturated carbocycles. The SMILES string of the molecule is CNC(C)C1CCOc2ccccc21. The number of rotatable bonds is 2. The molecule has 0 radical (unpaired) electrons. The Balaban J connectivity index is 2.30. The summed E-state index contributed by atoms with van der Waals surface area (Å²) in [7, 11) is 2.02. The van der Waals surface area contributed by atoms with E-state index >= 15 is 0 Å². The number of benzene rings is 1. The molecule has 1 N–H and O–H groups in total. The summed E-state index contributed by atoms with van der Waals surface area (Å²) >= 11 is 0. The van der Waals surface area contributed by atoms with Gasteiger partial charge in [0.25, 0.3) is 0 Å². The minimum absolute atomic E-state index is 0.514. The Morgan fingerprint density at radius 3 is 3.00 bits per heavy atom. The molecule has 0 fully saturated rings. The predicted octanol–water partition coefficient (Wildman–Crippen LogP) is 2.16. The number of hydrogen-bond donors (Lipinski definition) is 1. The Labute approximate surface area is 85.3 Å². The van der Waals surface area contributed by atoms with Crippen LogP contribution in [0.4, 0.5) is 0 Å². The molecular weight excluding hydrogens is 174 g/mol. The van der Waals surface area contributed by atoms with Gasteiger partial charge < -0.3 is 10.1 Å². The standard InChI is InChI=1S/C12H17NO/c1-9(13-2)10-7-8-14-12-6-4-3-5-11(10)12/h3-6,9-10,13H,7-8H2,1-2H3. The maximum Gasteiger partial charge on any atom is 0.122 e. The van der Waals surface area contributed by atoms with Crippen LogP contribution in [0.25, 0.3) is 0 Å². The predicted molar refractivity (Wildman–Crippen MR) is 57.8 cm³/mol. The van der Waals surface area contributed by atoms with E-state index in [1.54, 1.807) is 0 Å². The van der Waals surface area contributed by atoms with E-state index < -0.39 is 0 Å². The van der Waals surface area contributed by atoms with Crippen molar-refractivity contribution in [3.63, 3.8) is 0 Å². The van der Waals surface area contributed by atoms with Crippen molar-refractivity contribution in [2.24, 2.45) is 0 Å². The Hall–Kier alpha value is -1.02. The lowest BCUT2D eigenvalue weighted by molar-refractivity contribution is 0.251. The third-order valence-electron chi connectivity index (χ3n) is 3.06. The first-order valence-corrected chi connectivity index (χ1v) is 5.22. The maximum absolute atomic E-state index is 5.62. The molecule has 1 aromatic carbocycles. The zero-order valence-corrected chi connectivity index (χ0v) is 8.79. The lowest BCUT2D eigenvalue weighted by Gasteiger charge is -2.30. The first-order chi connectivity index (χ1) is 6.83. The van der Waals surface area contributed by atoms with Crippen LogP contribution in [0.5, 0.6) is 5.75 Å². The second kappa shape index (κ2) is 4.01. The van der Waals surface area contributed by atoms with E-state index in [0.29, 0.717) is 12.0 Å². The van der Waals surface area contributed by atoms with Gasteiger partial charge >= 0.3 is 0 Å². The van der Waals surface area contributed by atoms with Crippen molar-refractivity contribution in [1.82, 2.24) is 5.32 Å². The lowest BCUT2D eigenvalue weighted by Crippen LogP contribution is -2.32. The monoisotopic (exact) mass is 191 g/mol.